The Balaban J connectivity index is 3.51. The molecule has 0 fully saturated rings. The van der Waals surface area contributed by atoms with Crippen molar-refractivity contribution in [3.63, 3.8) is 0 Å². The van der Waals surface area contributed by atoms with E-state index in [0.717, 1.165) is 24.0 Å². The van der Waals surface area contributed by atoms with Gasteiger partial charge in [0.05, 0.1) is 4.90 Å². The molecule has 1 rings (SSSR count). The minimum Gasteiger partial charge on any atom is -0.398 e. The van der Waals surface area contributed by atoms with E-state index < -0.39 is 10.0 Å². The number of hydrogen-bond donors (Lipinski definition) is 1. The van der Waals surface area contributed by atoms with Gasteiger partial charge in [0.1, 0.15) is 0 Å². The molecule has 1 aromatic rings. The van der Waals surface area contributed by atoms with Crippen molar-refractivity contribution in [2.75, 3.05) is 12.8 Å². The van der Waals surface area contributed by atoms with Gasteiger partial charge in [0.15, 0.2) is 0 Å². The normalized spacial score (nSPS) is 12.4. The molecule has 5 heteroatoms. The Hall–Kier alpha value is -1.07. The molecule has 0 aliphatic heterocycles. The van der Waals surface area contributed by atoms with Crippen molar-refractivity contribution in [1.82, 2.24) is 4.31 Å². The second-order valence-electron chi connectivity index (χ2n) is 5.35. The molecule has 0 aliphatic carbocycles. The second-order valence-corrected chi connectivity index (χ2v) is 7.29. The Labute approximate surface area is 123 Å². The predicted octanol–water partition coefficient (Wildman–Crippen LogP) is 3.00. The van der Waals surface area contributed by atoms with Crippen LogP contribution in [0.15, 0.2) is 11.0 Å². The van der Waals surface area contributed by atoms with Gasteiger partial charge in [-0.2, -0.15) is 4.31 Å². The van der Waals surface area contributed by atoms with Gasteiger partial charge in [-0.1, -0.05) is 13.8 Å². The van der Waals surface area contributed by atoms with Crippen LogP contribution in [0.4, 0.5) is 5.69 Å². The maximum absolute atomic E-state index is 12.9. The zero-order valence-electron chi connectivity index (χ0n) is 13.3. The number of anilines is 1. The van der Waals surface area contributed by atoms with Crippen molar-refractivity contribution in [2.45, 2.75) is 58.4 Å². The highest BCUT2D eigenvalue weighted by atomic mass is 32.2. The first-order chi connectivity index (χ1) is 9.18. The zero-order chi connectivity index (χ0) is 15.7. The lowest BCUT2D eigenvalue weighted by Gasteiger charge is -2.27. The van der Waals surface area contributed by atoms with Crippen molar-refractivity contribution < 1.29 is 8.42 Å². The van der Waals surface area contributed by atoms with Gasteiger partial charge in [-0.15, -0.1) is 0 Å². The van der Waals surface area contributed by atoms with Gasteiger partial charge in [0.25, 0.3) is 0 Å². The Kier molecular flexibility index (Phi) is 5.21. The number of nitrogen functional groups attached to an aromatic ring is 1. The molecule has 0 bridgehead atoms. The molecule has 1 aromatic carbocycles. The van der Waals surface area contributed by atoms with Gasteiger partial charge < -0.3 is 5.73 Å². The first-order valence-corrected chi connectivity index (χ1v) is 8.46. The van der Waals surface area contributed by atoms with Crippen LogP contribution in [0.5, 0.6) is 0 Å². The molecule has 2 N–H and O–H groups in total. The number of nitrogens with two attached hydrogens (primary N) is 1. The van der Waals surface area contributed by atoms with Crippen molar-refractivity contribution >= 4 is 15.7 Å². The highest BCUT2D eigenvalue weighted by molar-refractivity contribution is 7.89. The summed E-state index contributed by atoms with van der Waals surface area (Å²) in [6.07, 6.45) is 1.59. The van der Waals surface area contributed by atoms with Crippen molar-refractivity contribution in [2.24, 2.45) is 0 Å². The van der Waals surface area contributed by atoms with Crippen LogP contribution in [-0.2, 0) is 10.0 Å². The van der Waals surface area contributed by atoms with Crippen molar-refractivity contribution in [3.05, 3.63) is 22.8 Å². The second kappa shape index (κ2) is 6.14. The van der Waals surface area contributed by atoms with Gasteiger partial charge in [-0.3, -0.25) is 0 Å². The average molecular weight is 298 g/mol. The largest absolute Gasteiger partial charge is 0.398 e. The Morgan fingerprint density at radius 3 is 2.10 bits per heavy atom. The van der Waals surface area contributed by atoms with Gasteiger partial charge in [-0.05, 0) is 56.4 Å². The van der Waals surface area contributed by atoms with E-state index in [2.05, 4.69) is 0 Å². The van der Waals surface area contributed by atoms with Crippen LogP contribution in [0.1, 0.15) is 43.4 Å². The smallest absolute Gasteiger partial charge is 0.243 e. The number of benzene rings is 1. The summed E-state index contributed by atoms with van der Waals surface area (Å²) < 4.78 is 27.3. The van der Waals surface area contributed by atoms with Crippen LogP contribution in [0.25, 0.3) is 0 Å². The molecule has 114 valence electrons. The van der Waals surface area contributed by atoms with E-state index in [-0.39, 0.29) is 6.04 Å². The number of hydrogen-bond acceptors (Lipinski definition) is 3. The Morgan fingerprint density at radius 2 is 1.65 bits per heavy atom. The van der Waals surface area contributed by atoms with E-state index in [4.69, 9.17) is 5.73 Å². The molecule has 20 heavy (non-hydrogen) atoms. The Morgan fingerprint density at radius 1 is 1.15 bits per heavy atom. The standard InChI is InChI=1S/C15H26N2O2S/c1-7-13(8-2)17(6)20(18,19)15-11(4)10(3)9-14(16)12(15)5/h9,13H,7-8,16H2,1-6H3. The van der Waals surface area contributed by atoms with E-state index in [1.54, 1.807) is 14.0 Å². The summed E-state index contributed by atoms with van der Waals surface area (Å²) in [7, 11) is -1.86. The lowest BCUT2D eigenvalue weighted by molar-refractivity contribution is 0.349. The molecule has 0 amide bonds. The minimum atomic E-state index is -3.52. The average Bonchev–Trinajstić information content (AvgIpc) is 2.37. The summed E-state index contributed by atoms with van der Waals surface area (Å²) in [5.74, 6) is 0. The third-order valence-electron chi connectivity index (χ3n) is 4.17. The number of rotatable bonds is 5. The Bertz CT molecular complexity index is 564. The summed E-state index contributed by atoms with van der Waals surface area (Å²) in [6, 6.07) is 1.85. The van der Waals surface area contributed by atoms with Gasteiger partial charge in [0.2, 0.25) is 10.0 Å². The third-order valence-corrected chi connectivity index (χ3v) is 6.36. The number of aryl methyl sites for hydroxylation is 1. The molecule has 0 saturated carbocycles. The fourth-order valence-corrected chi connectivity index (χ4v) is 4.60. The lowest BCUT2D eigenvalue weighted by atomic mass is 10.1. The van der Waals surface area contributed by atoms with E-state index >= 15 is 0 Å². The number of sulfonamides is 1. The van der Waals surface area contributed by atoms with E-state index in [9.17, 15) is 8.42 Å². The zero-order valence-corrected chi connectivity index (χ0v) is 14.1. The monoisotopic (exact) mass is 298 g/mol. The van der Waals surface area contributed by atoms with Crippen LogP contribution in [0.3, 0.4) is 0 Å². The quantitative estimate of drug-likeness (QED) is 0.850. The maximum atomic E-state index is 12.9. The van der Waals surface area contributed by atoms with Crippen molar-refractivity contribution in [3.8, 4) is 0 Å². The fraction of sp³-hybridized carbons (Fsp3) is 0.600. The molecule has 0 aromatic heterocycles. The van der Waals surface area contributed by atoms with E-state index in [0.29, 0.717) is 16.1 Å². The molecular formula is C15H26N2O2S. The molecule has 0 atom stereocenters. The molecule has 0 spiro atoms. The fourth-order valence-electron chi connectivity index (χ4n) is 2.57. The minimum absolute atomic E-state index is 0.0144. The highest BCUT2D eigenvalue weighted by Crippen LogP contribution is 2.31. The van der Waals surface area contributed by atoms with E-state index in [1.165, 1.54) is 4.31 Å². The van der Waals surface area contributed by atoms with Crippen LogP contribution in [-0.4, -0.2) is 25.8 Å². The molecule has 0 saturated heterocycles. The first kappa shape index (κ1) is 17.0. The topological polar surface area (TPSA) is 63.4 Å². The molecule has 0 aliphatic rings. The van der Waals surface area contributed by atoms with Crippen LogP contribution in [0.2, 0.25) is 0 Å². The van der Waals surface area contributed by atoms with Crippen molar-refractivity contribution in [1.29, 1.82) is 0 Å². The highest BCUT2D eigenvalue weighted by Gasteiger charge is 2.30. The van der Waals surface area contributed by atoms with Gasteiger partial charge in [-0.25, -0.2) is 8.42 Å². The summed E-state index contributed by atoms with van der Waals surface area (Å²) in [5, 5.41) is 0. The number of nitrogens with zero attached hydrogens (tertiary/aromatic N) is 1. The summed E-state index contributed by atoms with van der Waals surface area (Å²) in [5.41, 5.74) is 8.82. The van der Waals surface area contributed by atoms with E-state index in [1.807, 2.05) is 33.8 Å². The van der Waals surface area contributed by atoms with Crippen LogP contribution >= 0.6 is 0 Å². The van der Waals surface area contributed by atoms with Crippen LogP contribution in [0, 0.1) is 20.8 Å². The summed E-state index contributed by atoms with van der Waals surface area (Å²) >= 11 is 0. The predicted molar refractivity (Wildman–Crippen MR) is 84.4 cm³/mol. The molecular weight excluding hydrogens is 272 g/mol. The molecule has 0 radical (unpaired) electrons. The van der Waals surface area contributed by atoms with Gasteiger partial charge >= 0.3 is 0 Å². The molecule has 0 unspecified atom stereocenters. The van der Waals surface area contributed by atoms with Gasteiger partial charge in [0, 0.05) is 18.8 Å². The lowest BCUT2D eigenvalue weighted by Crippen LogP contribution is -2.37. The first-order valence-electron chi connectivity index (χ1n) is 7.02. The third kappa shape index (κ3) is 2.83. The summed E-state index contributed by atoms with van der Waals surface area (Å²) in [4.78, 5) is 0.365. The SMILES string of the molecule is CCC(CC)N(C)S(=O)(=O)c1c(C)c(C)cc(N)c1C. The molecule has 4 nitrogen and oxygen atoms in total. The van der Waals surface area contributed by atoms with Crippen LogP contribution < -0.4 is 5.73 Å². The summed E-state index contributed by atoms with van der Waals surface area (Å²) in [6.45, 7) is 9.51. The molecule has 0 heterocycles. The maximum Gasteiger partial charge on any atom is 0.243 e.